The summed E-state index contributed by atoms with van der Waals surface area (Å²) in [4.78, 5) is 12.1. The minimum atomic E-state index is -0.990. The molecule has 0 saturated heterocycles. The van der Waals surface area contributed by atoms with Crippen LogP contribution in [-0.2, 0) is 5.75 Å². The number of ether oxygens (including phenoxy) is 2. The monoisotopic (exact) mass is 304 g/mol. The van der Waals surface area contributed by atoms with Crippen molar-refractivity contribution < 1.29 is 19.4 Å². The van der Waals surface area contributed by atoms with Crippen LogP contribution in [0, 0.1) is 0 Å². The van der Waals surface area contributed by atoms with Gasteiger partial charge >= 0.3 is 5.97 Å². The van der Waals surface area contributed by atoms with Crippen LogP contribution in [0.25, 0.3) is 0 Å². The lowest BCUT2D eigenvalue weighted by Gasteiger charge is -2.09. The van der Waals surface area contributed by atoms with E-state index in [-0.39, 0.29) is 5.56 Å². The van der Waals surface area contributed by atoms with Crippen molar-refractivity contribution in [2.24, 2.45) is 0 Å². The topological polar surface area (TPSA) is 55.8 Å². The van der Waals surface area contributed by atoms with Crippen molar-refractivity contribution in [2.45, 2.75) is 10.6 Å². The van der Waals surface area contributed by atoms with Gasteiger partial charge in [-0.3, -0.25) is 0 Å². The number of benzene rings is 2. The Kier molecular flexibility index (Phi) is 5.11. The van der Waals surface area contributed by atoms with Gasteiger partial charge in [0.15, 0.2) is 0 Å². The molecule has 2 aromatic carbocycles. The molecule has 0 amide bonds. The Morgan fingerprint density at radius 1 is 1.10 bits per heavy atom. The maximum Gasteiger partial charge on any atom is 0.339 e. The van der Waals surface area contributed by atoms with Crippen LogP contribution in [0.5, 0.6) is 11.5 Å². The number of aromatic carboxylic acids is 1. The van der Waals surface area contributed by atoms with Crippen molar-refractivity contribution in [1.29, 1.82) is 0 Å². The molecule has 2 aromatic rings. The average Bonchev–Trinajstić information content (AvgIpc) is 2.52. The molecule has 0 aliphatic carbocycles. The molecule has 5 heteroatoms. The zero-order valence-corrected chi connectivity index (χ0v) is 12.6. The summed E-state index contributed by atoms with van der Waals surface area (Å²) in [7, 11) is 3.11. The quantitative estimate of drug-likeness (QED) is 0.825. The summed E-state index contributed by atoms with van der Waals surface area (Å²) in [5, 5.41) is 9.06. The molecule has 4 nitrogen and oxygen atoms in total. The highest BCUT2D eigenvalue weighted by Crippen LogP contribution is 2.32. The molecular weight excluding hydrogens is 288 g/mol. The second kappa shape index (κ2) is 7.04. The first-order valence-electron chi connectivity index (χ1n) is 6.31. The molecule has 2 rings (SSSR count). The molecule has 21 heavy (non-hydrogen) atoms. The molecule has 0 aliphatic heterocycles. The number of hydrogen-bond donors (Lipinski definition) is 1. The van der Waals surface area contributed by atoms with E-state index in [1.54, 1.807) is 37.1 Å². The van der Waals surface area contributed by atoms with Crippen LogP contribution >= 0.6 is 11.8 Å². The molecule has 0 heterocycles. The Hall–Kier alpha value is -2.14. The number of thioether (sulfide) groups is 1. The largest absolute Gasteiger partial charge is 0.496 e. The van der Waals surface area contributed by atoms with Gasteiger partial charge in [-0.15, -0.1) is 11.8 Å². The van der Waals surface area contributed by atoms with E-state index in [9.17, 15) is 4.79 Å². The summed E-state index contributed by atoms with van der Waals surface area (Å²) >= 11 is 1.63. The second-order valence-corrected chi connectivity index (χ2v) is 5.30. The molecule has 0 radical (unpaired) electrons. The van der Waals surface area contributed by atoms with E-state index in [0.29, 0.717) is 11.5 Å². The van der Waals surface area contributed by atoms with E-state index < -0.39 is 5.97 Å². The SMILES string of the molecule is COc1ccccc1SCc1ccc(C(=O)O)c(OC)c1. The van der Waals surface area contributed by atoms with Gasteiger partial charge in [0.2, 0.25) is 0 Å². The molecule has 1 N–H and O–H groups in total. The number of para-hydroxylation sites is 1. The minimum absolute atomic E-state index is 0.170. The number of rotatable bonds is 6. The van der Waals surface area contributed by atoms with Gasteiger partial charge in [0.1, 0.15) is 17.1 Å². The zero-order chi connectivity index (χ0) is 15.2. The summed E-state index contributed by atoms with van der Waals surface area (Å²) in [6.07, 6.45) is 0. The van der Waals surface area contributed by atoms with Crippen molar-refractivity contribution in [3.63, 3.8) is 0 Å². The van der Waals surface area contributed by atoms with E-state index in [1.165, 1.54) is 7.11 Å². The second-order valence-electron chi connectivity index (χ2n) is 4.28. The van der Waals surface area contributed by atoms with Crippen molar-refractivity contribution in [2.75, 3.05) is 14.2 Å². The van der Waals surface area contributed by atoms with Crippen molar-refractivity contribution in [1.82, 2.24) is 0 Å². The lowest BCUT2D eigenvalue weighted by atomic mass is 10.1. The first-order chi connectivity index (χ1) is 10.2. The predicted octanol–water partition coefficient (Wildman–Crippen LogP) is 3.69. The maximum atomic E-state index is 11.1. The maximum absolute atomic E-state index is 11.1. The summed E-state index contributed by atoms with van der Waals surface area (Å²) in [6, 6.07) is 12.9. The smallest absolute Gasteiger partial charge is 0.339 e. The van der Waals surface area contributed by atoms with Crippen molar-refractivity contribution in [3.05, 3.63) is 53.6 Å². The number of carboxylic acid groups (broad SMARTS) is 1. The standard InChI is InChI=1S/C16H16O4S/c1-19-13-5-3-4-6-15(13)21-10-11-7-8-12(16(17)18)14(9-11)20-2/h3-9H,10H2,1-2H3,(H,17,18). The van der Waals surface area contributed by atoms with E-state index in [1.807, 2.05) is 24.3 Å². The first kappa shape index (κ1) is 15.3. The van der Waals surface area contributed by atoms with Gasteiger partial charge < -0.3 is 14.6 Å². The Labute approximate surface area is 127 Å². The fraction of sp³-hybridized carbons (Fsp3) is 0.188. The van der Waals surface area contributed by atoms with Gasteiger partial charge in [0, 0.05) is 10.6 Å². The Morgan fingerprint density at radius 2 is 1.81 bits per heavy atom. The summed E-state index contributed by atoms with van der Waals surface area (Å²) < 4.78 is 10.4. The van der Waals surface area contributed by atoms with Crippen LogP contribution in [0.1, 0.15) is 15.9 Å². The first-order valence-corrected chi connectivity index (χ1v) is 7.30. The normalized spacial score (nSPS) is 10.2. The van der Waals surface area contributed by atoms with Crippen LogP contribution in [0.2, 0.25) is 0 Å². The summed E-state index contributed by atoms with van der Waals surface area (Å²) in [6.45, 7) is 0. The fourth-order valence-electron chi connectivity index (χ4n) is 1.90. The molecule has 0 spiro atoms. The van der Waals surface area contributed by atoms with Crippen LogP contribution < -0.4 is 9.47 Å². The number of methoxy groups -OCH3 is 2. The molecular formula is C16H16O4S. The lowest BCUT2D eigenvalue weighted by Crippen LogP contribution is -2.01. The van der Waals surface area contributed by atoms with E-state index in [4.69, 9.17) is 14.6 Å². The number of hydrogen-bond acceptors (Lipinski definition) is 4. The third kappa shape index (κ3) is 3.70. The van der Waals surface area contributed by atoms with Gasteiger partial charge in [-0.2, -0.15) is 0 Å². The summed E-state index contributed by atoms with van der Waals surface area (Å²) in [5.74, 6) is 0.921. The third-order valence-corrected chi connectivity index (χ3v) is 4.09. The Bertz CT molecular complexity index is 640. The van der Waals surface area contributed by atoms with Gasteiger partial charge in [-0.25, -0.2) is 4.79 Å². The van der Waals surface area contributed by atoms with Gasteiger partial charge in [0.05, 0.1) is 14.2 Å². The summed E-state index contributed by atoms with van der Waals surface area (Å²) in [5.41, 5.74) is 1.16. The Balaban J connectivity index is 2.15. The van der Waals surface area contributed by atoms with Gasteiger partial charge in [0.25, 0.3) is 0 Å². The average molecular weight is 304 g/mol. The van der Waals surface area contributed by atoms with Crippen molar-refractivity contribution in [3.8, 4) is 11.5 Å². The zero-order valence-electron chi connectivity index (χ0n) is 11.8. The van der Waals surface area contributed by atoms with E-state index >= 15 is 0 Å². The molecule has 0 aromatic heterocycles. The van der Waals surface area contributed by atoms with E-state index in [0.717, 1.165) is 16.2 Å². The van der Waals surface area contributed by atoms with Crippen LogP contribution in [-0.4, -0.2) is 25.3 Å². The Morgan fingerprint density at radius 3 is 2.48 bits per heavy atom. The van der Waals surface area contributed by atoms with E-state index in [2.05, 4.69) is 0 Å². The number of carboxylic acids is 1. The van der Waals surface area contributed by atoms with Crippen LogP contribution in [0.4, 0.5) is 0 Å². The molecule has 0 unspecified atom stereocenters. The number of carbonyl (C=O) groups is 1. The van der Waals surface area contributed by atoms with Gasteiger partial charge in [-0.1, -0.05) is 18.2 Å². The molecule has 0 bridgehead atoms. The predicted molar refractivity (Wildman–Crippen MR) is 82.5 cm³/mol. The molecule has 0 saturated carbocycles. The lowest BCUT2D eigenvalue weighted by molar-refractivity contribution is 0.0693. The third-order valence-electron chi connectivity index (χ3n) is 2.96. The van der Waals surface area contributed by atoms with Crippen LogP contribution in [0.3, 0.4) is 0 Å². The van der Waals surface area contributed by atoms with Crippen LogP contribution in [0.15, 0.2) is 47.4 Å². The molecule has 0 aliphatic rings. The molecule has 0 fully saturated rings. The highest BCUT2D eigenvalue weighted by molar-refractivity contribution is 7.98. The van der Waals surface area contributed by atoms with Crippen molar-refractivity contribution >= 4 is 17.7 Å². The molecule has 110 valence electrons. The highest BCUT2D eigenvalue weighted by atomic mass is 32.2. The molecule has 0 atom stereocenters. The van der Waals surface area contributed by atoms with Gasteiger partial charge in [-0.05, 0) is 29.8 Å². The highest BCUT2D eigenvalue weighted by Gasteiger charge is 2.11. The minimum Gasteiger partial charge on any atom is -0.496 e. The fourth-order valence-corrected chi connectivity index (χ4v) is 2.87.